The molecule has 0 bridgehead atoms. The molecule has 0 fully saturated rings. The topological polar surface area (TPSA) is 73.3 Å². The molecule has 0 aliphatic heterocycles. The largest absolute Gasteiger partial charge is 0.493 e. The molecule has 0 saturated carbocycles. The predicted octanol–water partition coefficient (Wildman–Crippen LogP) is 2.44. The lowest BCUT2D eigenvalue weighted by atomic mass is 10.1. The quantitative estimate of drug-likeness (QED) is 0.356. The van der Waals surface area contributed by atoms with Crippen LogP contribution in [0.15, 0.2) is 17.1 Å². The third kappa shape index (κ3) is 7.00. The van der Waals surface area contributed by atoms with E-state index < -0.39 is 0 Å². The molecule has 7 heteroatoms. The Morgan fingerprint density at radius 1 is 1.04 bits per heavy atom. The molecule has 2 N–H and O–H groups in total. The molecule has 0 atom stereocenters. The van der Waals surface area contributed by atoms with Gasteiger partial charge in [0.25, 0.3) is 0 Å². The van der Waals surface area contributed by atoms with Crippen molar-refractivity contribution in [3.8, 4) is 17.2 Å². The van der Waals surface area contributed by atoms with Crippen LogP contribution in [0.5, 0.6) is 17.2 Å². The first-order chi connectivity index (χ1) is 12.6. The molecule has 0 spiro atoms. The summed E-state index contributed by atoms with van der Waals surface area (Å²) in [6.07, 6.45) is 0.924. The summed E-state index contributed by atoms with van der Waals surface area (Å²) in [7, 11) is 6.56. The van der Waals surface area contributed by atoms with E-state index in [1.807, 2.05) is 12.1 Å². The van der Waals surface area contributed by atoms with Gasteiger partial charge in [-0.05, 0) is 24.5 Å². The van der Waals surface area contributed by atoms with Crippen molar-refractivity contribution in [2.24, 2.45) is 10.9 Å². The number of benzene rings is 1. The van der Waals surface area contributed by atoms with E-state index >= 15 is 0 Å². The van der Waals surface area contributed by atoms with Gasteiger partial charge in [-0.25, -0.2) is 0 Å². The first-order valence-corrected chi connectivity index (χ1v) is 8.87. The standard InChI is InChI=1S/C19H33N3O4/c1-14(2)13-26-11-7-10-21-19(20-3)22-12-15-8-9-16(23-4)18(25-6)17(15)24-5/h8-9,14H,7,10-13H2,1-6H3,(H2,20,21,22). The molecule has 26 heavy (non-hydrogen) atoms. The van der Waals surface area contributed by atoms with Crippen molar-refractivity contribution in [3.05, 3.63) is 17.7 Å². The number of guanidine groups is 1. The summed E-state index contributed by atoms with van der Waals surface area (Å²) in [5.74, 6) is 3.16. The maximum absolute atomic E-state index is 5.57. The number of hydrogen-bond donors (Lipinski definition) is 2. The van der Waals surface area contributed by atoms with E-state index in [4.69, 9.17) is 18.9 Å². The maximum Gasteiger partial charge on any atom is 0.203 e. The minimum absolute atomic E-state index is 0.549. The third-order valence-corrected chi connectivity index (χ3v) is 3.66. The fourth-order valence-corrected chi connectivity index (χ4v) is 2.40. The maximum atomic E-state index is 5.57. The second-order valence-corrected chi connectivity index (χ2v) is 6.17. The van der Waals surface area contributed by atoms with E-state index in [2.05, 4.69) is 29.5 Å². The van der Waals surface area contributed by atoms with Crippen LogP contribution in [-0.4, -0.2) is 54.1 Å². The zero-order chi connectivity index (χ0) is 19.4. The van der Waals surface area contributed by atoms with Crippen molar-refractivity contribution >= 4 is 5.96 Å². The summed E-state index contributed by atoms with van der Waals surface area (Å²) in [5.41, 5.74) is 0.952. The van der Waals surface area contributed by atoms with Gasteiger partial charge < -0.3 is 29.6 Å². The molecule has 0 aliphatic carbocycles. The molecular weight excluding hydrogens is 334 g/mol. The summed E-state index contributed by atoms with van der Waals surface area (Å²) < 4.78 is 21.8. The Kier molecular flexibility index (Phi) is 10.3. The Hall–Kier alpha value is -2.15. The van der Waals surface area contributed by atoms with Crippen LogP contribution in [0.3, 0.4) is 0 Å². The van der Waals surface area contributed by atoms with E-state index in [0.29, 0.717) is 29.7 Å². The first kappa shape index (κ1) is 21.9. The average Bonchev–Trinajstić information content (AvgIpc) is 2.65. The SMILES string of the molecule is CN=C(NCCCOCC(C)C)NCc1ccc(OC)c(OC)c1OC. The number of aliphatic imine (C=N–C) groups is 1. The van der Waals surface area contributed by atoms with Gasteiger partial charge in [0.05, 0.1) is 21.3 Å². The molecule has 0 aliphatic rings. The molecule has 7 nitrogen and oxygen atoms in total. The van der Waals surface area contributed by atoms with Gasteiger partial charge in [-0.15, -0.1) is 0 Å². The lowest BCUT2D eigenvalue weighted by Crippen LogP contribution is -2.37. The number of methoxy groups -OCH3 is 3. The van der Waals surface area contributed by atoms with Crippen LogP contribution in [0.25, 0.3) is 0 Å². The molecule has 0 heterocycles. The highest BCUT2D eigenvalue weighted by Crippen LogP contribution is 2.39. The van der Waals surface area contributed by atoms with Crippen LogP contribution in [0, 0.1) is 5.92 Å². The van der Waals surface area contributed by atoms with E-state index in [1.165, 1.54) is 0 Å². The smallest absolute Gasteiger partial charge is 0.203 e. The Bertz CT molecular complexity index is 562. The van der Waals surface area contributed by atoms with Crippen molar-refractivity contribution in [2.75, 3.05) is 48.1 Å². The molecule has 0 unspecified atom stereocenters. The molecule has 1 aromatic carbocycles. The zero-order valence-corrected chi connectivity index (χ0v) is 16.8. The zero-order valence-electron chi connectivity index (χ0n) is 16.8. The van der Waals surface area contributed by atoms with Gasteiger partial charge in [0, 0.05) is 38.9 Å². The number of hydrogen-bond acceptors (Lipinski definition) is 5. The minimum atomic E-state index is 0.549. The number of nitrogens with one attached hydrogen (secondary N) is 2. The first-order valence-electron chi connectivity index (χ1n) is 8.87. The minimum Gasteiger partial charge on any atom is -0.493 e. The summed E-state index contributed by atoms with van der Waals surface area (Å²) >= 11 is 0. The van der Waals surface area contributed by atoms with E-state index in [-0.39, 0.29) is 0 Å². The van der Waals surface area contributed by atoms with Crippen molar-refractivity contribution in [2.45, 2.75) is 26.8 Å². The fraction of sp³-hybridized carbons (Fsp3) is 0.632. The van der Waals surface area contributed by atoms with Crippen LogP contribution in [0.2, 0.25) is 0 Å². The Balaban J connectivity index is 2.53. The predicted molar refractivity (Wildman–Crippen MR) is 105 cm³/mol. The Labute approximate surface area is 157 Å². The second kappa shape index (κ2) is 12.2. The van der Waals surface area contributed by atoms with E-state index in [9.17, 15) is 0 Å². The lowest BCUT2D eigenvalue weighted by molar-refractivity contribution is 0.108. The molecule has 1 aromatic rings. The fourth-order valence-electron chi connectivity index (χ4n) is 2.40. The average molecular weight is 367 g/mol. The number of nitrogens with zero attached hydrogens (tertiary/aromatic N) is 1. The highest BCUT2D eigenvalue weighted by atomic mass is 16.5. The molecule has 1 rings (SSSR count). The number of ether oxygens (including phenoxy) is 4. The van der Waals surface area contributed by atoms with Crippen LogP contribution < -0.4 is 24.8 Å². The van der Waals surface area contributed by atoms with Crippen LogP contribution in [-0.2, 0) is 11.3 Å². The Morgan fingerprint density at radius 3 is 2.35 bits per heavy atom. The highest BCUT2D eigenvalue weighted by molar-refractivity contribution is 5.79. The molecule has 0 aromatic heterocycles. The Morgan fingerprint density at radius 2 is 1.77 bits per heavy atom. The summed E-state index contributed by atoms with van der Waals surface area (Å²) in [5, 5.41) is 6.56. The van der Waals surface area contributed by atoms with Gasteiger partial charge >= 0.3 is 0 Å². The summed E-state index contributed by atoms with van der Waals surface area (Å²) in [6.45, 7) is 7.17. The highest BCUT2D eigenvalue weighted by Gasteiger charge is 2.15. The van der Waals surface area contributed by atoms with Crippen LogP contribution in [0.4, 0.5) is 0 Å². The lowest BCUT2D eigenvalue weighted by Gasteiger charge is -2.17. The molecule has 0 radical (unpaired) electrons. The third-order valence-electron chi connectivity index (χ3n) is 3.66. The summed E-state index contributed by atoms with van der Waals surface area (Å²) in [6, 6.07) is 3.81. The molecule has 0 amide bonds. The van der Waals surface area contributed by atoms with Gasteiger partial charge in [-0.3, -0.25) is 4.99 Å². The summed E-state index contributed by atoms with van der Waals surface area (Å²) in [4.78, 5) is 4.24. The van der Waals surface area contributed by atoms with E-state index in [1.54, 1.807) is 28.4 Å². The van der Waals surface area contributed by atoms with Crippen molar-refractivity contribution in [1.82, 2.24) is 10.6 Å². The molecule has 0 saturated heterocycles. The normalized spacial score (nSPS) is 11.4. The van der Waals surface area contributed by atoms with E-state index in [0.717, 1.165) is 37.7 Å². The van der Waals surface area contributed by atoms with Crippen LogP contribution in [0.1, 0.15) is 25.8 Å². The number of rotatable bonds is 11. The van der Waals surface area contributed by atoms with Crippen molar-refractivity contribution in [3.63, 3.8) is 0 Å². The van der Waals surface area contributed by atoms with Gasteiger partial charge in [-0.2, -0.15) is 0 Å². The van der Waals surface area contributed by atoms with Crippen LogP contribution >= 0.6 is 0 Å². The van der Waals surface area contributed by atoms with Gasteiger partial charge in [0.2, 0.25) is 5.75 Å². The monoisotopic (exact) mass is 367 g/mol. The van der Waals surface area contributed by atoms with Crippen molar-refractivity contribution < 1.29 is 18.9 Å². The molecular formula is C19H33N3O4. The second-order valence-electron chi connectivity index (χ2n) is 6.17. The van der Waals surface area contributed by atoms with Gasteiger partial charge in [-0.1, -0.05) is 13.8 Å². The van der Waals surface area contributed by atoms with Crippen molar-refractivity contribution in [1.29, 1.82) is 0 Å². The van der Waals surface area contributed by atoms with Gasteiger partial charge in [0.15, 0.2) is 17.5 Å². The molecule has 148 valence electrons. The van der Waals surface area contributed by atoms with Gasteiger partial charge in [0.1, 0.15) is 0 Å².